The van der Waals surface area contributed by atoms with Gasteiger partial charge in [0, 0.05) is 18.1 Å². The minimum Gasteiger partial charge on any atom is -0.481 e. The molecule has 5 heteroatoms. The third kappa shape index (κ3) is 3.08. The average Bonchev–Trinajstić information content (AvgIpc) is 2.86. The topological polar surface area (TPSA) is 69.6 Å². The van der Waals surface area contributed by atoms with Crippen molar-refractivity contribution in [3.63, 3.8) is 0 Å². The lowest BCUT2D eigenvalue weighted by Crippen LogP contribution is -2.43. The maximum Gasteiger partial charge on any atom is 0.308 e. The van der Waals surface area contributed by atoms with E-state index in [-0.39, 0.29) is 23.9 Å². The third-order valence-corrected chi connectivity index (χ3v) is 4.45. The molecule has 0 aliphatic carbocycles. The first kappa shape index (κ1) is 14.3. The van der Waals surface area contributed by atoms with Crippen LogP contribution in [0.1, 0.15) is 46.0 Å². The first-order valence-corrected chi connectivity index (χ1v) is 7.30. The molecular formula is C14H24N2O3. The van der Waals surface area contributed by atoms with E-state index in [1.807, 2.05) is 6.92 Å². The van der Waals surface area contributed by atoms with Gasteiger partial charge in [0.1, 0.15) is 0 Å². The number of hydrogen-bond acceptors (Lipinski definition) is 3. The van der Waals surface area contributed by atoms with Crippen LogP contribution in [0, 0.1) is 5.92 Å². The van der Waals surface area contributed by atoms with E-state index >= 15 is 0 Å². The molecule has 0 radical (unpaired) electrons. The van der Waals surface area contributed by atoms with Crippen LogP contribution in [0.5, 0.6) is 0 Å². The van der Waals surface area contributed by atoms with Gasteiger partial charge in [0.25, 0.3) is 0 Å². The van der Waals surface area contributed by atoms with E-state index in [9.17, 15) is 14.7 Å². The van der Waals surface area contributed by atoms with Crippen LogP contribution < -0.4 is 5.32 Å². The standard InChI is InChI=1S/C14H24N2O3/c1-3-4-9(2)15-13(17)8-16-10-5-6-12(16)11(7-10)14(18)19/h9-12H,3-8H2,1-2H3,(H,15,17)(H,18,19). The molecule has 2 aliphatic rings. The number of carboxylic acid groups (broad SMARTS) is 1. The molecule has 0 aromatic carbocycles. The van der Waals surface area contributed by atoms with Gasteiger partial charge in [0.2, 0.25) is 5.91 Å². The highest BCUT2D eigenvalue weighted by Gasteiger charge is 2.49. The minimum absolute atomic E-state index is 0.0314. The minimum atomic E-state index is -0.711. The van der Waals surface area contributed by atoms with Crippen molar-refractivity contribution < 1.29 is 14.7 Å². The Morgan fingerprint density at radius 3 is 2.74 bits per heavy atom. The molecule has 2 heterocycles. The molecule has 4 unspecified atom stereocenters. The number of amides is 1. The largest absolute Gasteiger partial charge is 0.481 e. The molecule has 2 N–H and O–H groups in total. The summed E-state index contributed by atoms with van der Waals surface area (Å²) in [5.74, 6) is -0.958. The number of hydrogen-bond donors (Lipinski definition) is 2. The summed E-state index contributed by atoms with van der Waals surface area (Å²) < 4.78 is 0. The monoisotopic (exact) mass is 268 g/mol. The highest BCUT2D eigenvalue weighted by molar-refractivity contribution is 5.79. The number of carbonyl (C=O) groups excluding carboxylic acids is 1. The van der Waals surface area contributed by atoms with Crippen molar-refractivity contribution in [2.24, 2.45) is 5.92 Å². The Bertz CT molecular complexity index is 359. The van der Waals surface area contributed by atoms with Gasteiger partial charge in [0.05, 0.1) is 12.5 Å². The molecule has 108 valence electrons. The maximum atomic E-state index is 12.0. The van der Waals surface area contributed by atoms with Crippen molar-refractivity contribution in [3.8, 4) is 0 Å². The summed E-state index contributed by atoms with van der Waals surface area (Å²) in [6.45, 7) is 4.47. The lowest BCUT2D eigenvalue weighted by Gasteiger charge is -2.23. The number of nitrogens with zero attached hydrogens (tertiary/aromatic N) is 1. The Labute approximate surface area is 114 Å². The van der Waals surface area contributed by atoms with E-state index in [2.05, 4.69) is 17.1 Å². The number of rotatable bonds is 6. The number of nitrogens with one attached hydrogen (secondary N) is 1. The Kier molecular flexibility index (Phi) is 4.45. The Balaban J connectivity index is 1.86. The maximum absolute atomic E-state index is 12.0. The molecule has 2 aliphatic heterocycles. The van der Waals surface area contributed by atoms with Crippen LogP contribution in [-0.2, 0) is 9.59 Å². The molecule has 1 amide bonds. The molecule has 0 aromatic rings. The third-order valence-electron chi connectivity index (χ3n) is 4.45. The molecule has 2 fully saturated rings. The quantitative estimate of drug-likeness (QED) is 0.760. The van der Waals surface area contributed by atoms with Crippen molar-refractivity contribution in [1.82, 2.24) is 10.2 Å². The smallest absolute Gasteiger partial charge is 0.308 e. The summed E-state index contributed by atoms with van der Waals surface area (Å²) in [5.41, 5.74) is 0. The fourth-order valence-corrected chi connectivity index (χ4v) is 3.60. The van der Waals surface area contributed by atoms with Gasteiger partial charge >= 0.3 is 5.97 Å². The SMILES string of the molecule is CCCC(C)NC(=O)CN1C2CCC1C(C(=O)O)C2. The van der Waals surface area contributed by atoms with Crippen molar-refractivity contribution in [3.05, 3.63) is 0 Å². The van der Waals surface area contributed by atoms with Gasteiger partial charge in [-0.2, -0.15) is 0 Å². The predicted molar refractivity (Wildman–Crippen MR) is 71.8 cm³/mol. The molecule has 2 bridgehead atoms. The number of carboxylic acids is 1. The van der Waals surface area contributed by atoms with Gasteiger partial charge in [-0.3, -0.25) is 14.5 Å². The van der Waals surface area contributed by atoms with Gasteiger partial charge in [0.15, 0.2) is 0 Å². The van der Waals surface area contributed by atoms with Crippen molar-refractivity contribution in [2.45, 2.75) is 64.1 Å². The summed E-state index contributed by atoms with van der Waals surface area (Å²) >= 11 is 0. The number of aliphatic carboxylic acids is 1. The lowest BCUT2D eigenvalue weighted by molar-refractivity contribution is -0.143. The van der Waals surface area contributed by atoms with Crippen molar-refractivity contribution >= 4 is 11.9 Å². The fraction of sp³-hybridized carbons (Fsp3) is 0.857. The van der Waals surface area contributed by atoms with Crippen LogP contribution in [0.2, 0.25) is 0 Å². The van der Waals surface area contributed by atoms with Gasteiger partial charge in [-0.1, -0.05) is 13.3 Å². The first-order valence-electron chi connectivity index (χ1n) is 7.30. The van der Waals surface area contributed by atoms with E-state index in [0.717, 1.165) is 25.7 Å². The van der Waals surface area contributed by atoms with Gasteiger partial charge in [-0.15, -0.1) is 0 Å². The summed E-state index contributed by atoms with van der Waals surface area (Å²) in [6, 6.07) is 0.557. The molecule has 0 saturated carbocycles. The zero-order valence-electron chi connectivity index (χ0n) is 11.8. The number of fused-ring (bicyclic) bond motifs is 2. The number of carbonyl (C=O) groups is 2. The highest BCUT2D eigenvalue weighted by Crippen LogP contribution is 2.41. The molecule has 5 nitrogen and oxygen atoms in total. The second kappa shape index (κ2) is 5.90. The van der Waals surface area contributed by atoms with E-state index in [0.29, 0.717) is 19.0 Å². The van der Waals surface area contributed by atoms with Gasteiger partial charge in [-0.05, 0) is 32.6 Å². The van der Waals surface area contributed by atoms with E-state index < -0.39 is 5.97 Å². The Hall–Kier alpha value is -1.10. The Morgan fingerprint density at radius 2 is 2.16 bits per heavy atom. The normalized spacial score (nSPS) is 31.4. The summed E-state index contributed by atoms with van der Waals surface area (Å²) in [6.07, 6.45) is 4.69. The van der Waals surface area contributed by atoms with Crippen LogP contribution in [0.15, 0.2) is 0 Å². The molecule has 2 rings (SSSR count). The van der Waals surface area contributed by atoms with Gasteiger partial charge < -0.3 is 10.4 Å². The van der Waals surface area contributed by atoms with Crippen LogP contribution in [0.3, 0.4) is 0 Å². The highest BCUT2D eigenvalue weighted by atomic mass is 16.4. The molecule has 0 aromatic heterocycles. The zero-order valence-corrected chi connectivity index (χ0v) is 11.8. The fourth-order valence-electron chi connectivity index (χ4n) is 3.60. The summed E-state index contributed by atoms with van der Waals surface area (Å²) in [7, 11) is 0. The van der Waals surface area contributed by atoms with Crippen molar-refractivity contribution in [2.75, 3.05) is 6.54 Å². The zero-order chi connectivity index (χ0) is 14.0. The molecular weight excluding hydrogens is 244 g/mol. The second-order valence-electron chi connectivity index (χ2n) is 5.91. The second-order valence-corrected chi connectivity index (χ2v) is 5.91. The predicted octanol–water partition coefficient (Wildman–Crippen LogP) is 1.23. The van der Waals surface area contributed by atoms with Crippen LogP contribution in [0.25, 0.3) is 0 Å². The van der Waals surface area contributed by atoms with E-state index in [4.69, 9.17) is 0 Å². The summed E-state index contributed by atoms with van der Waals surface area (Å²) in [5, 5.41) is 12.2. The first-order chi connectivity index (χ1) is 9.02. The van der Waals surface area contributed by atoms with Crippen LogP contribution in [0.4, 0.5) is 0 Å². The summed E-state index contributed by atoms with van der Waals surface area (Å²) in [4.78, 5) is 25.2. The Morgan fingerprint density at radius 1 is 1.42 bits per heavy atom. The van der Waals surface area contributed by atoms with Crippen LogP contribution >= 0.6 is 0 Å². The molecule has 2 saturated heterocycles. The van der Waals surface area contributed by atoms with E-state index in [1.165, 1.54) is 0 Å². The molecule has 4 atom stereocenters. The molecule has 19 heavy (non-hydrogen) atoms. The average molecular weight is 268 g/mol. The van der Waals surface area contributed by atoms with Crippen molar-refractivity contribution in [1.29, 1.82) is 0 Å². The van der Waals surface area contributed by atoms with Gasteiger partial charge in [-0.25, -0.2) is 0 Å². The lowest BCUT2D eigenvalue weighted by atomic mass is 9.89. The van der Waals surface area contributed by atoms with Crippen LogP contribution in [-0.4, -0.2) is 46.6 Å². The van der Waals surface area contributed by atoms with E-state index in [1.54, 1.807) is 0 Å². The molecule has 0 spiro atoms.